The average molecular weight is 203 g/mol. The largest absolute Gasteiger partial charge is 0.369 e. The minimum absolute atomic E-state index is 0.179. The lowest BCUT2D eigenvalue weighted by molar-refractivity contribution is -0.119. The summed E-state index contributed by atoms with van der Waals surface area (Å²) in [5.41, 5.74) is 7.71. The van der Waals surface area contributed by atoms with Crippen LogP contribution in [0.2, 0.25) is 0 Å². The van der Waals surface area contributed by atoms with Crippen molar-refractivity contribution in [1.29, 1.82) is 0 Å². The third-order valence-electron chi connectivity index (χ3n) is 2.96. The number of carbonyl (C=O) groups excluding carboxylic acids is 1. The fraction of sp³-hybridized carbons (Fsp3) is 0.417. The molecule has 1 aliphatic heterocycles. The van der Waals surface area contributed by atoms with Crippen LogP contribution in [0.3, 0.4) is 0 Å². The highest BCUT2D eigenvalue weighted by molar-refractivity contribution is 5.82. The second-order valence-electron chi connectivity index (χ2n) is 4.09. The molecule has 1 heterocycles. The molecule has 1 aliphatic rings. The third-order valence-corrected chi connectivity index (χ3v) is 2.96. The summed E-state index contributed by atoms with van der Waals surface area (Å²) >= 11 is 0. The standard InChI is InChI=1S/C12H15N2O/c1-14-7-6-9-4-2-3-5-10(9)11(8-14)12(13)15/h3-5,11H,6-8H2,1H3,(H2,13,15). The number of carbonyl (C=O) groups is 1. The maximum Gasteiger partial charge on any atom is 0.226 e. The molecule has 2 N–H and O–H groups in total. The summed E-state index contributed by atoms with van der Waals surface area (Å²) in [6, 6.07) is 8.82. The van der Waals surface area contributed by atoms with Crippen LogP contribution in [0.25, 0.3) is 0 Å². The molecule has 0 aliphatic carbocycles. The fourth-order valence-corrected chi connectivity index (χ4v) is 2.09. The van der Waals surface area contributed by atoms with Crippen LogP contribution in [0.5, 0.6) is 0 Å². The SMILES string of the molecule is CN1CCc2c[c]ccc2C(C(N)=O)C1. The number of nitrogens with two attached hydrogens (primary N) is 1. The summed E-state index contributed by atoms with van der Waals surface area (Å²) < 4.78 is 0. The van der Waals surface area contributed by atoms with E-state index in [0.29, 0.717) is 6.54 Å². The molecule has 0 saturated heterocycles. The average Bonchev–Trinajstić information content (AvgIpc) is 2.39. The van der Waals surface area contributed by atoms with Crippen molar-refractivity contribution < 1.29 is 4.79 Å². The Bertz CT molecular complexity index is 376. The Morgan fingerprint density at radius 3 is 3.20 bits per heavy atom. The van der Waals surface area contributed by atoms with Gasteiger partial charge in [0.1, 0.15) is 0 Å². The highest BCUT2D eigenvalue weighted by atomic mass is 16.1. The van der Waals surface area contributed by atoms with Gasteiger partial charge in [-0.3, -0.25) is 4.79 Å². The van der Waals surface area contributed by atoms with E-state index in [4.69, 9.17) is 5.73 Å². The molecule has 2 rings (SSSR count). The zero-order valence-corrected chi connectivity index (χ0v) is 8.86. The van der Waals surface area contributed by atoms with E-state index < -0.39 is 0 Å². The predicted molar refractivity (Wildman–Crippen MR) is 58.4 cm³/mol. The second-order valence-corrected chi connectivity index (χ2v) is 4.09. The normalized spacial score (nSPS) is 21.8. The van der Waals surface area contributed by atoms with Crippen molar-refractivity contribution in [3.8, 4) is 0 Å². The summed E-state index contributed by atoms with van der Waals surface area (Å²) in [7, 11) is 2.02. The van der Waals surface area contributed by atoms with Crippen LogP contribution in [-0.2, 0) is 11.2 Å². The van der Waals surface area contributed by atoms with E-state index in [2.05, 4.69) is 11.0 Å². The van der Waals surface area contributed by atoms with E-state index >= 15 is 0 Å². The second kappa shape index (κ2) is 4.03. The van der Waals surface area contributed by atoms with Gasteiger partial charge >= 0.3 is 0 Å². The van der Waals surface area contributed by atoms with Crippen molar-refractivity contribution in [3.05, 3.63) is 35.4 Å². The molecular formula is C12H15N2O. The minimum Gasteiger partial charge on any atom is -0.369 e. The molecule has 0 aromatic heterocycles. The zero-order chi connectivity index (χ0) is 10.8. The van der Waals surface area contributed by atoms with Gasteiger partial charge in [-0.1, -0.05) is 18.2 Å². The zero-order valence-electron chi connectivity index (χ0n) is 8.86. The maximum atomic E-state index is 11.4. The van der Waals surface area contributed by atoms with Crippen LogP contribution in [0.1, 0.15) is 17.0 Å². The first kappa shape index (κ1) is 10.2. The third kappa shape index (κ3) is 2.02. The summed E-state index contributed by atoms with van der Waals surface area (Å²) in [6.07, 6.45) is 0.965. The number of fused-ring (bicyclic) bond motifs is 1. The highest BCUT2D eigenvalue weighted by Gasteiger charge is 2.24. The van der Waals surface area contributed by atoms with Crippen molar-refractivity contribution in [3.63, 3.8) is 0 Å². The van der Waals surface area contributed by atoms with Crippen molar-refractivity contribution in [1.82, 2.24) is 4.90 Å². The molecule has 0 bridgehead atoms. The van der Waals surface area contributed by atoms with Crippen molar-refractivity contribution in [2.45, 2.75) is 12.3 Å². The molecule has 1 unspecified atom stereocenters. The quantitative estimate of drug-likeness (QED) is 0.724. The van der Waals surface area contributed by atoms with E-state index in [1.807, 2.05) is 25.2 Å². The summed E-state index contributed by atoms with van der Waals surface area (Å²) in [4.78, 5) is 13.5. The van der Waals surface area contributed by atoms with Crippen LogP contribution >= 0.6 is 0 Å². The molecule has 1 radical (unpaired) electrons. The van der Waals surface area contributed by atoms with Gasteiger partial charge in [-0.2, -0.15) is 0 Å². The van der Waals surface area contributed by atoms with Crippen LogP contribution in [0.4, 0.5) is 0 Å². The van der Waals surface area contributed by atoms with Crippen molar-refractivity contribution in [2.24, 2.45) is 5.73 Å². The molecule has 79 valence electrons. The monoisotopic (exact) mass is 203 g/mol. The molecule has 3 nitrogen and oxygen atoms in total. The number of likely N-dealkylation sites (N-methyl/N-ethyl adjacent to an activating group) is 1. The van der Waals surface area contributed by atoms with Crippen LogP contribution in [-0.4, -0.2) is 30.9 Å². The van der Waals surface area contributed by atoms with Crippen molar-refractivity contribution >= 4 is 5.91 Å². The number of nitrogens with zero attached hydrogens (tertiary/aromatic N) is 1. The molecule has 15 heavy (non-hydrogen) atoms. The summed E-state index contributed by atoms with van der Waals surface area (Å²) in [5, 5.41) is 0. The van der Waals surface area contributed by atoms with Gasteiger partial charge in [-0.15, -0.1) is 0 Å². The highest BCUT2D eigenvalue weighted by Crippen LogP contribution is 2.24. The lowest BCUT2D eigenvalue weighted by Gasteiger charge is -2.18. The van der Waals surface area contributed by atoms with Gasteiger partial charge in [-0.25, -0.2) is 0 Å². The minimum atomic E-state index is -0.240. The Kier molecular flexibility index (Phi) is 2.73. The number of hydrogen-bond acceptors (Lipinski definition) is 2. The number of hydrogen-bond donors (Lipinski definition) is 1. The van der Waals surface area contributed by atoms with E-state index in [0.717, 1.165) is 18.5 Å². The molecule has 3 heteroatoms. The van der Waals surface area contributed by atoms with E-state index in [1.54, 1.807) is 0 Å². The fourth-order valence-electron chi connectivity index (χ4n) is 2.09. The van der Waals surface area contributed by atoms with Gasteiger partial charge < -0.3 is 10.6 Å². The van der Waals surface area contributed by atoms with Crippen LogP contribution in [0, 0.1) is 6.07 Å². The number of amides is 1. The molecule has 1 atom stereocenters. The van der Waals surface area contributed by atoms with Gasteiger partial charge in [0, 0.05) is 13.1 Å². The lowest BCUT2D eigenvalue weighted by atomic mass is 9.93. The van der Waals surface area contributed by atoms with E-state index in [1.165, 1.54) is 5.56 Å². The Hall–Kier alpha value is -1.35. The molecular weight excluding hydrogens is 188 g/mol. The Balaban J connectivity index is 2.41. The van der Waals surface area contributed by atoms with Crippen molar-refractivity contribution in [2.75, 3.05) is 20.1 Å². The van der Waals surface area contributed by atoms with E-state index in [9.17, 15) is 4.79 Å². The Morgan fingerprint density at radius 2 is 2.47 bits per heavy atom. The first-order valence-corrected chi connectivity index (χ1v) is 5.15. The van der Waals surface area contributed by atoms with E-state index in [-0.39, 0.29) is 11.8 Å². The predicted octanol–water partition coefficient (Wildman–Crippen LogP) is 0.544. The molecule has 1 amide bonds. The first-order valence-electron chi connectivity index (χ1n) is 5.15. The number of primary amides is 1. The summed E-state index contributed by atoms with van der Waals surface area (Å²) in [5.74, 6) is -0.418. The van der Waals surface area contributed by atoms with Crippen LogP contribution in [0.15, 0.2) is 18.2 Å². The molecule has 0 spiro atoms. The molecule has 0 saturated carbocycles. The molecule has 1 aromatic carbocycles. The van der Waals surface area contributed by atoms with Gasteiger partial charge in [0.2, 0.25) is 5.91 Å². The van der Waals surface area contributed by atoms with Gasteiger partial charge in [-0.05, 0) is 30.7 Å². The topological polar surface area (TPSA) is 46.3 Å². The van der Waals surface area contributed by atoms with Crippen LogP contribution < -0.4 is 5.73 Å². The van der Waals surface area contributed by atoms with Gasteiger partial charge in [0.05, 0.1) is 5.92 Å². The summed E-state index contributed by atoms with van der Waals surface area (Å²) in [6.45, 7) is 1.68. The molecule has 0 fully saturated rings. The van der Waals surface area contributed by atoms with Gasteiger partial charge in [0.25, 0.3) is 0 Å². The number of benzene rings is 1. The smallest absolute Gasteiger partial charge is 0.226 e. The Labute approximate surface area is 89.9 Å². The number of rotatable bonds is 1. The van der Waals surface area contributed by atoms with Gasteiger partial charge in [0.15, 0.2) is 0 Å². The lowest BCUT2D eigenvalue weighted by Crippen LogP contribution is -2.31. The maximum absolute atomic E-state index is 11.4. The Morgan fingerprint density at radius 1 is 1.67 bits per heavy atom. The first-order chi connectivity index (χ1) is 7.18. The molecule has 1 aromatic rings.